The lowest BCUT2D eigenvalue weighted by Gasteiger charge is -2.14. The quantitative estimate of drug-likeness (QED) is 0.778. The highest BCUT2D eigenvalue weighted by Crippen LogP contribution is 2.35. The molecule has 3 rings (SSSR count). The van der Waals surface area contributed by atoms with Gasteiger partial charge in [0.15, 0.2) is 0 Å². The number of benzene rings is 2. The minimum absolute atomic E-state index is 0.104. The topological polar surface area (TPSA) is 37.4 Å². The van der Waals surface area contributed by atoms with E-state index in [0.29, 0.717) is 10.6 Å². The van der Waals surface area contributed by atoms with Crippen molar-refractivity contribution in [1.29, 1.82) is 0 Å². The third-order valence-corrected chi connectivity index (χ3v) is 3.85. The van der Waals surface area contributed by atoms with Gasteiger partial charge in [-0.2, -0.15) is 0 Å². The van der Waals surface area contributed by atoms with Crippen molar-refractivity contribution < 1.29 is 14.0 Å². The molecule has 0 aromatic heterocycles. The second kappa shape index (κ2) is 5.55. The van der Waals surface area contributed by atoms with E-state index in [4.69, 9.17) is 23.2 Å². The van der Waals surface area contributed by atoms with Gasteiger partial charge in [-0.1, -0.05) is 35.3 Å². The number of rotatable bonds is 2. The van der Waals surface area contributed by atoms with Gasteiger partial charge in [0.1, 0.15) is 10.8 Å². The van der Waals surface area contributed by atoms with Crippen molar-refractivity contribution in [2.24, 2.45) is 0 Å². The Morgan fingerprint density at radius 1 is 0.818 bits per heavy atom. The molecule has 0 fully saturated rings. The van der Waals surface area contributed by atoms with Gasteiger partial charge in [-0.3, -0.25) is 9.59 Å². The number of amides is 2. The molecule has 1 aliphatic heterocycles. The van der Waals surface area contributed by atoms with Crippen LogP contribution in [0, 0.1) is 5.82 Å². The number of halogens is 3. The molecule has 0 N–H and O–H groups in total. The summed E-state index contributed by atoms with van der Waals surface area (Å²) in [6, 6.07) is 11.5. The maximum Gasteiger partial charge on any atom is 0.277 e. The molecule has 0 atom stereocenters. The first-order valence-corrected chi connectivity index (χ1v) is 7.04. The Bertz CT molecular complexity index is 798. The Hall–Kier alpha value is -2.17. The standard InChI is InChI=1S/C16H8Cl2FNO2/c17-10-3-1-9(2-4-10)13-14(18)16(22)20(15(13)21)12-7-5-11(19)6-8-12/h1-8H. The highest BCUT2D eigenvalue weighted by atomic mass is 35.5. The van der Waals surface area contributed by atoms with E-state index >= 15 is 0 Å². The van der Waals surface area contributed by atoms with E-state index < -0.39 is 17.6 Å². The summed E-state index contributed by atoms with van der Waals surface area (Å²) in [5, 5.41) is 0.337. The molecule has 6 heteroatoms. The summed E-state index contributed by atoms with van der Waals surface area (Å²) in [4.78, 5) is 25.7. The lowest BCUT2D eigenvalue weighted by atomic mass is 10.1. The van der Waals surface area contributed by atoms with Crippen molar-refractivity contribution in [3.05, 3.63) is 70.0 Å². The number of carbonyl (C=O) groups excluding carboxylic acids is 2. The highest BCUT2D eigenvalue weighted by molar-refractivity contribution is 6.60. The van der Waals surface area contributed by atoms with Gasteiger partial charge < -0.3 is 0 Å². The first-order valence-electron chi connectivity index (χ1n) is 6.29. The summed E-state index contributed by atoms with van der Waals surface area (Å²) in [5.41, 5.74) is 0.864. The maximum absolute atomic E-state index is 13.0. The average Bonchev–Trinajstić information content (AvgIpc) is 2.72. The molecule has 0 aliphatic carbocycles. The molecule has 1 aliphatic rings. The van der Waals surface area contributed by atoms with Crippen LogP contribution in [0.4, 0.5) is 10.1 Å². The molecule has 1 heterocycles. The van der Waals surface area contributed by atoms with Crippen molar-refractivity contribution in [2.75, 3.05) is 4.90 Å². The second-order valence-electron chi connectivity index (χ2n) is 4.62. The second-order valence-corrected chi connectivity index (χ2v) is 5.43. The highest BCUT2D eigenvalue weighted by Gasteiger charge is 2.39. The van der Waals surface area contributed by atoms with E-state index in [-0.39, 0.29) is 16.3 Å². The molecule has 0 unspecified atom stereocenters. The van der Waals surface area contributed by atoms with Crippen LogP contribution >= 0.6 is 23.2 Å². The van der Waals surface area contributed by atoms with E-state index in [9.17, 15) is 14.0 Å². The van der Waals surface area contributed by atoms with Gasteiger partial charge in [0.05, 0.1) is 11.3 Å². The van der Waals surface area contributed by atoms with E-state index in [0.717, 1.165) is 4.90 Å². The Balaban J connectivity index is 2.03. The van der Waals surface area contributed by atoms with Crippen LogP contribution in [0.3, 0.4) is 0 Å². The minimum atomic E-state index is -0.636. The molecule has 0 saturated heterocycles. The first kappa shape index (κ1) is 14.8. The van der Waals surface area contributed by atoms with Gasteiger partial charge >= 0.3 is 0 Å². The molecular weight excluding hydrogens is 328 g/mol. The summed E-state index contributed by atoms with van der Waals surface area (Å²) in [6.07, 6.45) is 0. The molecule has 22 heavy (non-hydrogen) atoms. The van der Waals surface area contributed by atoms with Crippen molar-refractivity contribution in [3.63, 3.8) is 0 Å². The molecule has 2 aromatic rings. The smallest absolute Gasteiger partial charge is 0.268 e. The van der Waals surface area contributed by atoms with Crippen molar-refractivity contribution in [1.82, 2.24) is 0 Å². The summed E-state index contributed by atoms with van der Waals surface area (Å²) in [5.74, 6) is -1.65. The number of nitrogens with zero attached hydrogens (tertiary/aromatic N) is 1. The van der Waals surface area contributed by atoms with Crippen molar-refractivity contribution in [2.45, 2.75) is 0 Å². The fraction of sp³-hybridized carbons (Fsp3) is 0. The summed E-state index contributed by atoms with van der Waals surface area (Å²) in [7, 11) is 0. The van der Waals surface area contributed by atoms with Gasteiger partial charge in [0.2, 0.25) is 0 Å². The molecule has 0 saturated carbocycles. The van der Waals surface area contributed by atoms with Crippen LogP contribution in [0.1, 0.15) is 5.56 Å². The number of carbonyl (C=O) groups is 2. The van der Waals surface area contributed by atoms with E-state index in [1.54, 1.807) is 24.3 Å². The van der Waals surface area contributed by atoms with Crippen LogP contribution in [0.15, 0.2) is 53.6 Å². The van der Waals surface area contributed by atoms with Gasteiger partial charge in [-0.15, -0.1) is 0 Å². The average molecular weight is 336 g/mol. The van der Waals surface area contributed by atoms with Crippen LogP contribution in [-0.4, -0.2) is 11.8 Å². The Morgan fingerprint density at radius 2 is 1.41 bits per heavy atom. The van der Waals surface area contributed by atoms with Crippen molar-refractivity contribution >= 4 is 46.3 Å². The Morgan fingerprint density at radius 3 is 2.00 bits per heavy atom. The van der Waals surface area contributed by atoms with Gasteiger partial charge in [-0.05, 0) is 42.0 Å². The molecule has 110 valence electrons. The Kier molecular flexibility index (Phi) is 3.72. The maximum atomic E-state index is 13.0. The van der Waals surface area contributed by atoms with Crippen LogP contribution in [0.25, 0.3) is 5.57 Å². The normalized spacial score (nSPS) is 15.0. The lowest BCUT2D eigenvalue weighted by molar-refractivity contribution is -0.119. The lowest BCUT2D eigenvalue weighted by Crippen LogP contribution is -2.31. The zero-order chi connectivity index (χ0) is 15.9. The third kappa shape index (κ3) is 2.40. The fourth-order valence-electron chi connectivity index (χ4n) is 2.19. The Labute approximate surface area is 135 Å². The SMILES string of the molecule is O=C1C(Cl)=C(c2ccc(Cl)cc2)C(=O)N1c1ccc(F)cc1. The van der Waals surface area contributed by atoms with Crippen LogP contribution in [-0.2, 0) is 9.59 Å². The largest absolute Gasteiger partial charge is 0.277 e. The summed E-state index contributed by atoms with van der Waals surface area (Å²) >= 11 is 11.8. The summed E-state index contributed by atoms with van der Waals surface area (Å²) < 4.78 is 13.0. The van der Waals surface area contributed by atoms with E-state index in [2.05, 4.69) is 0 Å². The number of imide groups is 1. The fourth-order valence-corrected chi connectivity index (χ4v) is 2.59. The van der Waals surface area contributed by atoms with Crippen LogP contribution in [0.5, 0.6) is 0 Å². The molecular formula is C16H8Cl2FNO2. The van der Waals surface area contributed by atoms with Crippen LogP contribution < -0.4 is 4.90 Å². The monoisotopic (exact) mass is 335 g/mol. The molecule has 2 aromatic carbocycles. The third-order valence-electron chi connectivity index (χ3n) is 3.25. The summed E-state index contributed by atoms with van der Waals surface area (Å²) in [6.45, 7) is 0. The number of anilines is 1. The first-order chi connectivity index (χ1) is 10.5. The van der Waals surface area contributed by atoms with E-state index in [1.165, 1.54) is 24.3 Å². The van der Waals surface area contributed by atoms with Gasteiger partial charge in [0.25, 0.3) is 11.8 Å². The molecule has 0 spiro atoms. The predicted molar refractivity (Wildman–Crippen MR) is 83.1 cm³/mol. The molecule has 0 bridgehead atoms. The molecule has 0 radical (unpaired) electrons. The number of hydrogen-bond donors (Lipinski definition) is 0. The molecule has 3 nitrogen and oxygen atoms in total. The van der Waals surface area contributed by atoms with Gasteiger partial charge in [0, 0.05) is 5.02 Å². The van der Waals surface area contributed by atoms with Gasteiger partial charge in [-0.25, -0.2) is 9.29 Å². The predicted octanol–water partition coefficient (Wildman–Crippen LogP) is 4.00. The molecule has 2 amide bonds. The zero-order valence-electron chi connectivity index (χ0n) is 11.0. The number of hydrogen-bond acceptors (Lipinski definition) is 2. The zero-order valence-corrected chi connectivity index (χ0v) is 12.5. The van der Waals surface area contributed by atoms with E-state index in [1.807, 2.05) is 0 Å². The minimum Gasteiger partial charge on any atom is -0.268 e. The van der Waals surface area contributed by atoms with Crippen molar-refractivity contribution in [3.8, 4) is 0 Å². The van der Waals surface area contributed by atoms with Crippen LogP contribution in [0.2, 0.25) is 5.02 Å².